The van der Waals surface area contributed by atoms with Crippen LogP contribution in [0.4, 0.5) is 5.95 Å². The van der Waals surface area contributed by atoms with E-state index in [-0.39, 0.29) is 0 Å². The molecule has 1 aliphatic heterocycles. The van der Waals surface area contributed by atoms with Crippen LogP contribution in [0.3, 0.4) is 0 Å². The van der Waals surface area contributed by atoms with Gasteiger partial charge in [-0.3, -0.25) is 4.90 Å². The van der Waals surface area contributed by atoms with E-state index in [0.717, 1.165) is 5.95 Å². The fourth-order valence-electron chi connectivity index (χ4n) is 2.52. The molecule has 2 rings (SSSR count). The minimum absolute atomic E-state index is 0.457. The summed E-state index contributed by atoms with van der Waals surface area (Å²) in [6.45, 7) is 5.71. The summed E-state index contributed by atoms with van der Waals surface area (Å²) in [5.74, 6) is 0.807. The first kappa shape index (κ1) is 14.0. The molecule has 5 heteroatoms. The maximum Gasteiger partial charge on any atom is 0.225 e. The molecule has 2 heterocycles. The molecule has 0 aliphatic carbocycles. The SMILES string of the molecule is CC(C)N1CCC[C@H]1c1nc(N(C)C)ncc1I. The van der Waals surface area contributed by atoms with Crippen LogP contribution < -0.4 is 4.90 Å². The van der Waals surface area contributed by atoms with Gasteiger partial charge in [-0.05, 0) is 55.8 Å². The molecule has 0 N–H and O–H groups in total. The Labute approximate surface area is 123 Å². The van der Waals surface area contributed by atoms with Crippen molar-refractivity contribution in [3.05, 3.63) is 15.5 Å². The Morgan fingerprint density at radius 1 is 1.44 bits per heavy atom. The van der Waals surface area contributed by atoms with Gasteiger partial charge in [0, 0.05) is 26.3 Å². The maximum atomic E-state index is 4.75. The van der Waals surface area contributed by atoms with E-state index >= 15 is 0 Å². The normalized spacial score (nSPS) is 20.7. The molecule has 0 unspecified atom stereocenters. The Morgan fingerprint density at radius 3 is 2.78 bits per heavy atom. The minimum Gasteiger partial charge on any atom is -0.347 e. The minimum atomic E-state index is 0.457. The molecule has 0 amide bonds. The van der Waals surface area contributed by atoms with Crippen molar-refractivity contribution < 1.29 is 0 Å². The lowest BCUT2D eigenvalue weighted by atomic mass is 10.1. The van der Waals surface area contributed by atoms with Gasteiger partial charge in [0.25, 0.3) is 0 Å². The fourth-order valence-corrected chi connectivity index (χ4v) is 3.14. The summed E-state index contributed by atoms with van der Waals surface area (Å²) >= 11 is 2.35. The molecule has 1 saturated heterocycles. The van der Waals surface area contributed by atoms with Gasteiger partial charge in [-0.2, -0.15) is 0 Å². The van der Waals surface area contributed by atoms with Gasteiger partial charge in [0.15, 0.2) is 0 Å². The van der Waals surface area contributed by atoms with Crippen molar-refractivity contribution in [2.24, 2.45) is 0 Å². The third kappa shape index (κ3) is 2.77. The van der Waals surface area contributed by atoms with Crippen molar-refractivity contribution in [1.29, 1.82) is 0 Å². The van der Waals surface area contributed by atoms with Gasteiger partial charge in [-0.25, -0.2) is 9.97 Å². The van der Waals surface area contributed by atoms with Crippen LogP contribution in [0.15, 0.2) is 6.20 Å². The lowest BCUT2D eigenvalue weighted by molar-refractivity contribution is 0.201. The highest BCUT2D eigenvalue weighted by Gasteiger charge is 2.30. The van der Waals surface area contributed by atoms with E-state index in [1.165, 1.54) is 28.7 Å². The van der Waals surface area contributed by atoms with Crippen LogP contribution in [-0.4, -0.2) is 41.5 Å². The van der Waals surface area contributed by atoms with Crippen molar-refractivity contribution in [2.75, 3.05) is 25.5 Å². The van der Waals surface area contributed by atoms with Crippen LogP contribution in [0.2, 0.25) is 0 Å². The number of halogens is 1. The highest BCUT2D eigenvalue weighted by Crippen LogP contribution is 2.34. The Hall–Kier alpha value is -0.430. The first-order valence-electron chi connectivity index (χ1n) is 6.46. The number of hydrogen-bond donors (Lipinski definition) is 0. The zero-order chi connectivity index (χ0) is 13.3. The van der Waals surface area contributed by atoms with Crippen LogP contribution in [0.5, 0.6) is 0 Å². The maximum absolute atomic E-state index is 4.75. The quantitative estimate of drug-likeness (QED) is 0.776. The van der Waals surface area contributed by atoms with Crippen LogP contribution in [0.1, 0.15) is 38.4 Å². The predicted octanol–water partition coefficient (Wildman–Crippen LogP) is 2.69. The van der Waals surface area contributed by atoms with Crippen LogP contribution in [0, 0.1) is 3.57 Å². The van der Waals surface area contributed by atoms with E-state index < -0.39 is 0 Å². The molecule has 1 aromatic heterocycles. The molecule has 100 valence electrons. The average molecular weight is 360 g/mol. The Kier molecular flexibility index (Phi) is 4.42. The summed E-state index contributed by atoms with van der Waals surface area (Å²) in [7, 11) is 3.97. The molecule has 0 aromatic carbocycles. The average Bonchev–Trinajstić information content (AvgIpc) is 2.78. The van der Waals surface area contributed by atoms with Gasteiger partial charge >= 0.3 is 0 Å². The van der Waals surface area contributed by atoms with Crippen molar-refractivity contribution >= 4 is 28.5 Å². The zero-order valence-corrected chi connectivity index (χ0v) is 13.7. The molecule has 1 atom stereocenters. The first-order chi connectivity index (χ1) is 8.50. The van der Waals surface area contributed by atoms with Gasteiger partial charge in [0.05, 0.1) is 15.3 Å². The monoisotopic (exact) mass is 360 g/mol. The molecule has 0 spiro atoms. The third-order valence-corrected chi connectivity index (χ3v) is 4.26. The van der Waals surface area contributed by atoms with Gasteiger partial charge in [0.2, 0.25) is 5.95 Å². The molecule has 1 aromatic rings. The van der Waals surface area contributed by atoms with Gasteiger partial charge < -0.3 is 4.90 Å². The van der Waals surface area contributed by atoms with Gasteiger partial charge in [0.1, 0.15) is 0 Å². The second kappa shape index (κ2) is 5.69. The highest BCUT2D eigenvalue weighted by molar-refractivity contribution is 14.1. The molecule has 1 fully saturated rings. The van der Waals surface area contributed by atoms with Crippen LogP contribution in [0.25, 0.3) is 0 Å². The molecular weight excluding hydrogens is 339 g/mol. The topological polar surface area (TPSA) is 32.3 Å². The number of nitrogens with zero attached hydrogens (tertiary/aromatic N) is 4. The molecule has 0 bridgehead atoms. The van der Waals surface area contributed by atoms with Crippen molar-refractivity contribution in [3.63, 3.8) is 0 Å². The van der Waals surface area contributed by atoms with E-state index in [0.29, 0.717) is 12.1 Å². The summed E-state index contributed by atoms with van der Waals surface area (Å²) in [5.41, 5.74) is 1.19. The lowest BCUT2D eigenvalue weighted by Crippen LogP contribution is -2.31. The Balaban J connectivity index is 2.34. The summed E-state index contributed by atoms with van der Waals surface area (Å²) < 4.78 is 1.18. The van der Waals surface area contributed by atoms with E-state index in [4.69, 9.17) is 4.98 Å². The summed E-state index contributed by atoms with van der Waals surface area (Å²) in [6, 6.07) is 1.03. The van der Waals surface area contributed by atoms with Crippen LogP contribution in [-0.2, 0) is 0 Å². The van der Waals surface area contributed by atoms with E-state index in [9.17, 15) is 0 Å². The number of rotatable bonds is 3. The summed E-state index contributed by atoms with van der Waals surface area (Å²) in [6.07, 6.45) is 4.41. The van der Waals surface area contributed by atoms with Gasteiger partial charge in [-0.15, -0.1) is 0 Å². The predicted molar refractivity (Wildman–Crippen MR) is 82.9 cm³/mol. The Bertz CT molecular complexity index is 419. The number of hydrogen-bond acceptors (Lipinski definition) is 4. The highest BCUT2D eigenvalue weighted by atomic mass is 127. The fraction of sp³-hybridized carbons (Fsp3) is 0.692. The van der Waals surface area contributed by atoms with Crippen LogP contribution >= 0.6 is 22.6 Å². The van der Waals surface area contributed by atoms with Crippen molar-refractivity contribution in [3.8, 4) is 0 Å². The van der Waals surface area contributed by atoms with Crippen molar-refractivity contribution in [1.82, 2.24) is 14.9 Å². The third-order valence-electron chi connectivity index (χ3n) is 3.43. The molecule has 18 heavy (non-hydrogen) atoms. The van der Waals surface area contributed by atoms with E-state index in [1.54, 1.807) is 0 Å². The molecule has 1 aliphatic rings. The second-order valence-electron chi connectivity index (χ2n) is 5.29. The smallest absolute Gasteiger partial charge is 0.225 e. The molecule has 0 saturated carbocycles. The van der Waals surface area contributed by atoms with Gasteiger partial charge in [-0.1, -0.05) is 0 Å². The molecule has 4 nitrogen and oxygen atoms in total. The van der Waals surface area contributed by atoms with E-state index in [2.05, 4.69) is 46.3 Å². The van der Waals surface area contributed by atoms with Crippen molar-refractivity contribution in [2.45, 2.75) is 38.8 Å². The largest absolute Gasteiger partial charge is 0.347 e. The number of aromatic nitrogens is 2. The summed E-state index contributed by atoms with van der Waals surface area (Å²) in [4.78, 5) is 13.6. The van der Waals surface area contributed by atoms with E-state index in [1.807, 2.05) is 25.2 Å². The zero-order valence-electron chi connectivity index (χ0n) is 11.5. The molecule has 0 radical (unpaired) electrons. The lowest BCUT2D eigenvalue weighted by Gasteiger charge is -2.28. The number of anilines is 1. The standard InChI is InChI=1S/C13H21IN4/c1-9(2)18-7-5-6-11(18)12-10(14)8-15-13(16-12)17(3)4/h8-9,11H,5-7H2,1-4H3/t11-/m0/s1. The summed E-state index contributed by atoms with van der Waals surface area (Å²) in [5, 5.41) is 0. The Morgan fingerprint density at radius 2 is 2.17 bits per heavy atom. The second-order valence-corrected chi connectivity index (χ2v) is 6.45. The number of likely N-dealkylation sites (tertiary alicyclic amines) is 1. The first-order valence-corrected chi connectivity index (χ1v) is 7.54. The molecular formula is C13H21IN4.